The highest BCUT2D eigenvalue weighted by Crippen LogP contribution is 2.13. The maximum atomic E-state index is 6.16. The van der Waals surface area contributed by atoms with E-state index in [4.69, 9.17) is 4.74 Å². The Balaban J connectivity index is 0. The lowest BCUT2D eigenvalue weighted by molar-refractivity contribution is -0.910. The molecule has 0 heterocycles. The Morgan fingerprint density at radius 2 is 1.29 bits per heavy atom. The topological polar surface area (TPSA) is 9.23 Å². The Morgan fingerprint density at radius 1 is 0.762 bits per heavy atom. The van der Waals surface area contributed by atoms with Crippen LogP contribution in [0.5, 0.6) is 0 Å². The monoisotopic (exact) mass is 321 g/mol. The summed E-state index contributed by atoms with van der Waals surface area (Å²) in [7, 11) is 4.61. The average molecular weight is 322 g/mol. The third-order valence-electron chi connectivity index (χ3n) is 4.00. The molecule has 0 aliphatic carbocycles. The van der Waals surface area contributed by atoms with Gasteiger partial charge in [-0.05, 0) is 25.7 Å². The van der Waals surface area contributed by atoms with Gasteiger partial charge in [-0.15, -0.1) is 0 Å². The van der Waals surface area contributed by atoms with Crippen LogP contribution in [-0.2, 0) is 4.74 Å². The van der Waals surface area contributed by atoms with Crippen molar-refractivity contribution in [2.24, 2.45) is 0 Å². The number of halogens is 1. The van der Waals surface area contributed by atoms with Crippen molar-refractivity contribution < 1.29 is 21.6 Å². The second-order valence-electron chi connectivity index (χ2n) is 6.92. The van der Waals surface area contributed by atoms with Crippen molar-refractivity contribution in [2.45, 2.75) is 91.1 Å². The molecule has 0 aromatic rings. The van der Waals surface area contributed by atoms with E-state index in [-0.39, 0.29) is 12.4 Å². The van der Waals surface area contributed by atoms with Gasteiger partial charge < -0.3 is 21.6 Å². The summed E-state index contributed by atoms with van der Waals surface area (Å²) >= 11 is 0. The van der Waals surface area contributed by atoms with Gasteiger partial charge >= 0.3 is 0 Å². The van der Waals surface area contributed by atoms with Crippen LogP contribution in [0.4, 0.5) is 0 Å². The third kappa shape index (κ3) is 14.9. The van der Waals surface area contributed by atoms with Gasteiger partial charge in [0.05, 0.1) is 26.7 Å². The van der Waals surface area contributed by atoms with Crippen molar-refractivity contribution in [3.8, 4) is 0 Å². The van der Waals surface area contributed by atoms with E-state index in [0.717, 1.165) is 11.2 Å². The quantitative estimate of drug-likeness (QED) is 0.271. The van der Waals surface area contributed by atoms with Gasteiger partial charge in [-0.25, -0.2) is 0 Å². The first kappa shape index (κ1) is 23.5. The SMILES string of the molecule is CCCCCCCC[N+](C)(C)COC(CCC)CCC.[Cl-]. The van der Waals surface area contributed by atoms with E-state index in [9.17, 15) is 0 Å². The summed E-state index contributed by atoms with van der Waals surface area (Å²) in [5.41, 5.74) is 0. The minimum atomic E-state index is 0. The van der Waals surface area contributed by atoms with Crippen molar-refractivity contribution in [1.29, 1.82) is 0 Å². The molecular formula is C18H40ClNO. The molecule has 0 spiro atoms. The number of hydrogen-bond donors (Lipinski definition) is 0. The molecule has 0 unspecified atom stereocenters. The Morgan fingerprint density at radius 3 is 1.81 bits per heavy atom. The molecule has 0 atom stereocenters. The van der Waals surface area contributed by atoms with E-state index in [1.165, 1.54) is 70.8 Å². The van der Waals surface area contributed by atoms with Gasteiger partial charge in [0, 0.05) is 0 Å². The Hall–Kier alpha value is 0.210. The predicted octanol–water partition coefficient (Wildman–Crippen LogP) is 2.37. The van der Waals surface area contributed by atoms with Crippen LogP contribution in [0.25, 0.3) is 0 Å². The lowest BCUT2D eigenvalue weighted by atomic mass is 10.1. The summed E-state index contributed by atoms with van der Waals surface area (Å²) in [4.78, 5) is 0. The molecule has 0 aromatic heterocycles. The summed E-state index contributed by atoms with van der Waals surface area (Å²) in [5, 5.41) is 0. The summed E-state index contributed by atoms with van der Waals surface area (Å²) in [5.74, 6) is 0. The molecule has 0 saturated carbocycles. The maximum absolute atomic E-state index is 6.16. The number of unbranched alkanes of at least 4 members (excludes halogenated alkanes) is 5. The molecule has 0 bridgehead atoms. The van der Waals surface area contributed by atoms with Gasteiger partial charge in [-0.3, -0.25) is 0 Å². The molecule has 0 N–H and O–H groups in total. The molecule has 0 fully saturated rings. The molecule has 0 saturated heterocycles. The van der Waals surface area contributed by atoms with E-state index in [2.05, 4.69) is 34.9 Å². The highest BCUT2D eigenvalue weighted by Gasteiger charge is 2.17. The highest BCUT2D eigenvalue weighted by molar-refractivity contribution is 4.55. The Labute approximate surface area is 140 Å². The predicted molar refractivity (Wildman–Crippen MR) is 89.9 cm³/mol. The van der Waals surface area contributed by atoms with Crippen LogP contribution in [0.3, 0.4) is 0 Å². The lowest BCUT2D eigenvalue weighted by Crippen LogP contribution is -3.00. The molecule has 0 radical (unpaired) electrons. The summed E-state index contributed by atoms with van der Waals surface area (Å²) in [6.45, 7) is 8.90. The zero-order valence-electron chi connectivity index (χ0n) is 15.3. The molecule has 0 aliphatic heterocycles. The van der Waals surface area contributed by atoms with Crippen LogP contribution in [0, 0.1) is 0 Å². The lowest BCUT2D eigenvalue weighted by Gasteiger charge is -2.31. The molecule has 0 aromatic carbocycles. The fourth-order valence-corrected chi connectivity index (χ4v) is 2.65. The fraction of sp³-hybridized carbons (Fsp3) is 1.00. The molecule has 0 rings (SSSR count). The van der Waals surface area contributed by atoms with Gasteiger partial charge in [-0.2, -0.15) is 0 Å². The molecule has 21 heavy (non-hydrogen) atoms. The first-order chi connectivity index (χ1) is 9.55. The second kappa shape index (κ2) is 15.1. The van der Waals surface area contributed by atoms with Crippen LogP contribution in [-0.4, -0.2) is 38.0 Å². The van der Waals surface area contributed by atoms with Gasteiger partial charge in [-0.1, -0.05) is 59.3 Å². The minimum absolute atomic E-state index is 0. The number of nitrogens with zero attached hydrogens (tertiary/aromatic N) is 1. The van der Waals surface area contributed by atoms with E-state index >= 15 is 0 Å². The van der Waals surface area contributed by atoms with E-state index < -0.39 is 0 Å². The Bertz CT molecular complexity index is 203. The first-order valence-electron chi connectivity index (χ1n) is 8.99. The molecular weight excluding hydrogens is 282 g/mol. The largest absolute Gasteiger partial charge is 1.00 e. The highest BCUT2D eigenvalue weighted by atomic mass is 35.5. The van der Waals surface area contributed by atoms with Crippen LogP contribution in [0.15, 0.2) is 0 Å². The number of ether oxygens (including phenoxy) is 1. The molecule has 2 nitrogen and oxygen atoms in total. The van der Waals surface area contributed by atoms with Crippen molar-refractivity contribution in [3.05, 3.63) is 0 Å². The van der Waals surface area contributed by atoms with Crippen LogP contribution < -0.4 is 12.4 Å². The van der Waals surface area contributed by atoms with E-state index in [1.54, 1.807) is 0 Å². The van der Waals surface area contributed by atoms with E-state index in [0.29, 0.717) is 6.10 Å². The second-order valence-corrected chi connectivity index (χ2v) is 6.92. The summed E-state index contributed by atoms with van der Waals surface area (Å²) < 4.78 is 7.17. The third-order valence-corrected chi connectivity index (χ3v) is 4.00. The normalized spacial score (nSPS) is 11.7. The number of rotatable bonds is 14. The smallest absolute Gasteiger partial charge is 0.183 e. The van der Waals surface area contributed by atoms with Crippen LogP contribution in [0.2, 0.25) is 0 Å². The minimum Gasteiger partial charge on any atom is -1.00 e. The Kier molecular flexibility index (Phi) is 16.9. The zero-order valence-corrected chi connectivity index (χ0v) is 16.1. The first-order valence-corrected chi connectivity index (χ1v) is 8.99. The molecule has 0 amide bonds. The number of quaternary nitrogens is 1. The van der Waals surface area contributed by atoms with Crippen LogP contribution >= 0.6 is 0 Å². The van der Waals surface area contributed by atoms with Gasteiger partial charge in [0.1, 0.15) is 0 Å². The fourth-order valence-electron chi connectivity index (χ4n) is 2.65. The van der Waals surface area contributed by atoms with Gasteiger partial charge in [0.15, 0.2) is 6.73 Å². The summed E-state index contributed by atoms with van der Waals surface area (Å²) in [6, 6.07) is 0. The van der Waals surface area contributed by atoms with E-state index in [1.807, 2.05) is 0 Å². The van der Waals surface area contributed by atoms with Crippen LogP contribution in [0.1, 0.15) is 85.0 Å². The standard InChI is InChI=1S/C18H40NO.ClH/c1-6-9-10-11-12-13-16-19(4,5)17-20-18(14-7-2)15-8-3;/h18H,6-17H2,1-5H3;1H/q+1;/p-1. The molecule has 0 aliphatic rings. The maximum Gasteiger partial charge on any atom is 0.183 e. The van der Waals surface area contributed by atoms with Gasteiger partial charge in [0.2, 0.25) is 0 Å². The average Bonchev–Trinajstić information content (AvgIpc) is 2.41. The van der Waals surface area contributed by atoms with Crippen molar-refractivity contribution in [3.63, 3.8) is 0 Å². The molecule has 130 valence electrons. The van der Waals surface area contributed by atoms with Crippen molar-refractivity contribution in [1.82, 2.24) is 0 Å². The van der Waals surface area contributed by atoms with Crippen molar-refractivity contribution >= 4 is 0 Å². The molecule has 3 heteroatoms. The van der Waals surface area contributed by atoms with Gasteiger partial charge in [0.25, 0.3) is 0 Å². The van der Waals surface area contributed by atoms with Crippen molar-refractivity contribution in [2.75, 3.05) is 27.4 Å². The number of hydrogen-bond acceptors (Lipinski definition) is 1. The summed E-state index contributed by atoms with van der Waals surface area (Å²) in [6.07, 6.45) is 13.6. The zero-order chi connectivity index (χ0) is 15.3.